The molecule has 2 aromatic carbocycles. The van der Waals surface area contributed by atoms with Crippen LogP contribution in [0.3, 0.4) is 0 Å². The topological polar surface area (TPSA) is 75.2 Å². The van der Waals surface area contributed by atoms with Gasteiger partial charge < -0.3 is 4.74 Å². The molecule has 0 aliphatic heterocycles. The Labute approximate surface area is 183 Å². The molecule has 3 aromatic rings. The van der Waals surface area contributed by atoms with E-state index in [4.69, 9.17) is 4.74 Å². The number of rotatable bonds is 10. The second-order valence-electron chi connectivity index (χ2n) is 6.82. The summed E-state index contributed by atoms with van der Waals surface area (Å²) in [6, 6.07) is 15.8. The van der Waals surface area contributed by atoms with Gasteiger partial charge >= 0.3 is 0 Å². The number of anilines is 1. The highest BCUT2D eigenvalue weighted by atomic mass is 79.9. The maximum absolute atomic E-state index is 5.97. The summed E-state index contributed by atoms with van der Waals surface area (Å²) >= 11 is 5.12. The molecule has 2 N–H and O–H groups in total. The number of nitrogens with zero attached hydrogens (tertiary/aromatic N) is 3. The van der Waals surface area contributed by atoms with Crippen LogP contribution in [0.5, 0.6) is 5.75 Å². The molecule has 152 valence electrons. The first kappa shape index (κ1) is 21.4. The van der Waals surface area contributed by atoms with Crippen molar-refractivity contribution in [1.29, 1.82) is 0 Å². The predicted octanol–water partition coefficient (Wildman–Crippen LogP) is 5.73. The lowest BCUT2D eigenvalue weighted by Crippen LogP contribution is -1.99. The number of H-pyrrole nitrogens is 1. The van der Waals surface area contributed by atoms with Gasteiger partial charge in [0.2, 0.25) is 11.1 Å². The molecule has 0 unspecified atom stereocenters. The molecule has 0 radical (unpaired) electrons. The van der Waals surface area contributed by atoms with Crippen molar-refractivity contribution < 1.29 is 4.74 Å². The summed E-state index contributed by atoms with van der Waals surface area (Å²) in [7, 11) is 0. The molecule has 0 atom stereocenters. The van der Waals surface area contributed by atoms with Crippen molar-refractivity contribution in [2.75, 3.05) is 11.2 Å². The third-order valence-electron chi connectivity index (χ3n) is 3.97. The van der Waals surface area contributed by atoms with Crippen LogP contribution < -0.4 is 10.2 Å². The number of para-hydroxylation sites is 1. The zero-order chi connectivity index (χ0) is 20.5. The van der Waals surface area contributed by atoms with Crippen LogP contribution in [0.25, 0.3) is 0 Å². The van der Waals surface area contributed by atoms with E-state index in [-0.39, 0.29) is 0 Å². The zero-order valence-corrected chi connectivity index (χ0v) is 18.8. The van der Waals surface area contributed by atoms with Crippen molar-refractivity contribution in [3.63, 3.8) is 0 Å². The van der Waals surface area contributed by atoms with Crippen molar-refractivity contribution in [3.8, 4) is 5.75 Å². The van der Waals surface area contributed by atoms with Crippen molar-refractivity contribution in [1.82, 2.24) is 15.2 Å². The minimum atomic E-state index is 0.483. The molecule has 0 aliphatic carbocycles. The zero-order valence-electron chi connectivity index (χ0n) is 16.4. The third kappa shape index (κ3) is 7.21. The lowest BCUT2D eigenvalue weighted by Gasteiger charge is -2.09. The van der Waals surface area contributed by atoms with E-state index in [1.165, 1.54) is 0 Å². The van der Waals surface area contributed by atoms with Gasteiger partial charge in [0, 0.05) is 15.8 Å². The molecule has 0 amide bonds. The van der Waals surface area contributed by atoms with E-state index in [2.05, 4.69) is 55.5 Å². The Kier molecular flexibility index (Phi) is 8.13. The first-order chi connectivity index (χ1) is 14.1. The number of halogens is 1. The van der Waals surface area contributed by atoms with Crippen LogP contribution in [0.1, 0.15) is 31.4 Å². The minimum absolute atomic E-state index is 0.483. The molecule has 0 spiro atoms. The average Bonchev–Trinajstić information content (AvgIpc) is 3.15. The van der Waals surface area contributed by atoms with Gasteiger partial charge in [0.25, 0.3) is 0 Å². The maximum atomic E-state index is 5.97. The highest BCUT2D eigenvalue weighted by Crippen LogP contribution is 2.20. The molecule has 0 saturated heterocycles. The number of thioether (sulfide) groups is 1. The van der Waals surface area contributed by atoms with Crippen molar-refractivity contribution in [3.05, 3.63) is 64.1 Å². The van der Waals surface area contributed by atoms with Gasteiger partial charge in [0.1, 0.15) is 12.4 Å². The molecular formula is C21H24BrN5OS. The number of aromatic nitrogens is 3. The fourth-order valence-corrected chi connectivity index (χ4v) is 3.90. The van der Waals surface area contributed by atoms with E-state index in [9.17, 15) is 0 Å². The molecule has 8 heteroatoms. The van der Waals surface area contributed by atoms with Crippen molar-refractivity contribution in [2.45, 2.75) is 32.0 Å². The van der Waals surface area contributed by atoms with E-state index >= 15 is 0 Å². The fourth-order valence-electron chi connectivity index (χ4n) is 2.42. The van der Waals surface area contributed by atoms with Crippen LogP contribution in [0, 0.1) is 5.92 Å². The van der Waals surface area contributed by atoms with Gasteiger partial charge in [0.05, 0.1) is 6.21 Å². The smallest absolute Gasteiger partial charge is 0.240 e. The Balaban J connectivity index is 1.55. The predicted molar refractivity (Wildman–Crippen MR) is 123 cm³/mol. The van der Waals surface area contributed by atoms with Crippen molar-refractivity contribution >= 4 is 39.9 Å². The normalized spacial score (nSPS) is 11.3. The molecule has 1 aromatic heterocycles. The van der Waals surface area contributed by atoms with E-state index in [1.807, 2.05) is 48.5 Å². The number of nitrogens with one attached hydrogen (secondary N) is 2. The van der Waals surface area contributed by atoms with Crippen LogP contribution >= 0.6 is 27.7 Å². The highest BCUT2D eigenvalue weighted by Gasteiger charge is 2.05. The second kappa shape index (κ2) is 11.0. The Morgan fingerprint density at radius 2 is 2.10 bits per heavy atom. The first-order valence-electron chi connectivity index (χ1n) is 9.40. The number of ether oxygens (including phenoxy) is 1. The summed E-state index contributed by atoms with van der Waals surface area (Å²) < 4.78 is 7.00. The monoisotopic (exact) mass is 473 g/mol. The van der Waals surface area contributed by atoms with Crippen LogP contribution in [0.15, 0.2) is 63.3 Å². The van der Waals surface area contributed by atoms with Gasteiger partial charge in [-0.25, -0.2) is 10.5 Å². The summed E-state index contributed by atoms with van der Waals surface area (Å²) in [5.41, 5.74) is 4.85. The van der Waals surface area contributed by atoms with Crippen LogP contribution in [0.2, 0.25) is 0 Å². The Morgan fingerprint density at radius 3 is 2.93 bits per heavy atom. The molecule has 0 saturated carbocycles. The third-order valence-corrected chi connectivity index (χ3v) is 5.34. The summed E-state index contributed by atoms with van der Waals surface area (Å²) in [5, 5.41) is 12.0. The number of aromatic amines is 1. The molecule has 29 heavy (non-hydrogen) atoms. The van der Waals surface area contributed by atoms with Crippen LogP contribution in [0.4, 0.5) is 5.95 Å². The second-order valence-corrected chi connectivity index (χ2v) is 8.80. The number of hydrogen-bond donors (Lipinski definition) is 2. The highest BCUT2D eigenvalue weighted by molar-refractivity contribution is 9.10. The molecule has 0 aliphatic rings. The van der Waals surface area contributed by atoms with E-state index < -0.39 is 0 Å². The quantitative estimate of drug-likeness (QED) is 0.223. The lowest BCUT2D eigenvalue weighted by molar-refractivity contribution is 0.305. The van der Waals surface area contributed by atoms with Gasteiger partial charge in [0.15, 0.2) is 0 Å². The van der Waals surface area contributed by atoms with E-state index in [0.29, 0.717) is 18.5 Å². The Hall–Kier alpha value is -2.32. The largest absolute Gasteiger partial charge is 0.488 e. The molecule has 1 heterocycles. The molecular weight excluding hydrogens is 450 g/mol. The molecule has 0 fully saturated rings. The molecule has 6 nitrogen and oxygen atoms in total. The summed E-state index contributed by atoms with van der Waals surface area (Å²) in [5.74, 6) is 2.96. The van der Waals surface area contributed by atoms with Crippen LogP contribution in [-0.4, -0.2) is 27.1 Å². The summed E-state index contributed by atoms with van der Waals surface area (Å²) in [6.45, 7) is 4.90. The Bertz CT molecular complexity index is 944. The SMILES string of the molecule is CC(C)CCSc1n[nH]c(N/N=C\c2ccccc2OCc2cccc(Br)c2)n1. The van der Waals surface area contributed by atoms with E-state index in [1.54, 1.807) is 18.0 Å². The maximum Gasteiger partial charge on any atom is 0.240 e. The first-order valence-corrected chi connectivity index (χ1v) is 11.2. The van der Waals surface area contributed by atoms with Gasteiger partial charge in [-0.15, -0.1) is 5.10 Å². The minimum Gasteiger partial charge on any atom is -0.488 e. The molecule has 3 rings (SSSR count). The van der Waals surface area contributed by atoms with Gasteiger partial charge in [-0.2, -0.15) is 10.1 Å². The lowest BCUT2D eigenvalue weighted by atomic mass is 10.2. The van der Waals surface area contributed by atoms with Crippen molar-refractivity contribution in [2.24, 2.45) is 11.0 Å². The van der Waals surface area contributed by atoms with Crippen LogP contribution in [-0.2, 0) is 6.61 Å². The molecule has 0 bridgehead atoms. The van der Waals surface area contributed by atoms with Gasteiger partial charge in [-0.3, -0.25) is 0 Å². The van der Waals surface area contributed by atoms with E-state index in [0.717, 1.165) is 38.7 Å². The number of benzene rings is 2. The van der Waals surface area contributed by atoms with Gasteiger partial charge in [-0.1, -0.05) is 65.8 Å². The Morgan fingerprint density at radius 1 is 1.24 bits per heavy atom. The summed E-state index contributed by atoms with van der Waals surface area (Å²) in [4.78, 5) is 4.38. The average molecular weight is 474 g/mol. The number of hydrogen-bond acceptors (Lipinski definition) is 6. The van der Waals surface area contributed by atoms with Gasteiger partial charge in [-0.05, 0) is 42.2 Å². The number of hydrazone groups is 1. The summed E-state index contributed by atoms with van der Waals surface area (Å²) in [6.07, 6.45) is 2.85. The standard InChI is InChI=1S/C21H24BrN5OS/c1-15(2)10-11-29-21-24-20(26-27-21)25-23-13-17-7-3-4-9-19(17)28-14-16-6-5-8-18(22)12-16/h3-9,12-13,15H,10-11,14H2,1-2H3,(H2,24,25,26,27)/b23-13-. The fraction of sp³-hybridized carbons (Fsp3) is 0.286.